The molecule has 0 bridgehead atoms. The first kappa shape index (κ1) is 15.3. The number of methoxy groups -OCH3 is 1. The smallest absolute Gasteiger partial charge is 0.407 e. The van der Waals surface area contributed by atoms with Crippen molar-refractivity contribution >= 4 is 6.09 Å². The highest BCUT2D eigenvalue weighted by Crippen LogP contribution is 2.21. The monoisotopic (exact) mass is 266 g/mol. The van der Waals surface area contributed by atoms with Crippen molar-refractivity contribution in [3.8, 4) is 5.75 Å². The summed E-state index contributed by atoms with van der Waals surface area (Å²) in [5, 5.41) is 2.64. The first-order valence-electron chi connectivity index (χ1n) is 6.47. The maximum Gasteiger partial charge on any atom is 0.407 e. The molecule has 0 spiro atoms. The zero-order valence-corrected chi connectivity index (χ0v) is 11.6. The van der Waals surface area contributed by atoms with Gasteiger partial charge in [0.1, 0.15) is 12.4 Å². The van der Waals surface area contributed by atoms with Gasteiger partial charge < -0.3 is 20.5 Å². The number of amides is 1. The van der Waals surface area contributed by atoms with E-state index in [2.05, 4.69) is 12.2 Å². The highest BCUT2D eigenvalue weighted by atomic mass is 16.5. The molecule has 1 aromatic rings. The summed E-state index contributed by atoms with van der Waals surface area (Å²) in [5.74, 6) is 0.729. The second-order valence-electron chi connectivity index (χ2n) is 4.14. The molecule has 19 heavy (non-hydrogen) atoms. The lowest BCUT2D eigenvalue weighted by Crippen LogP contribution is -2.26. The summed E-state index contributed by atoms with van der Waals surface area (Å²) in [6.07, 6.45) is 1.24. The van der Waals surface area contributed by atoms with Gasteiger partial charge in [-0.3, -0.25) is 0 Å². The van der Waals surface area contributed by atoms with E-state index in [4.69, 9.17) is 15.2 Å². The van der Waals surface area contributed by atoms with Crippen LogP contribution < -0.4 is 15.8 Å². The Bertz CT molecular complexity index is 408. The van der Waals surface area contributed by atoms with E-state index in [1.54, 1.807) is 7.11 Å². The summed E-state index contributed by atoms with van der Waals surface area (Å²) in [6, 6.07) is 5.89. The Morgan fingerprint density at radius 3 is 2.84 bits per heavy atom. The third-order valence-electron chi connectivity index (χ3n) is 2.76. The van der Waals surface area contributed by atoms with E-state index in [1.807, 2.05) is 18.2 Å². The first-order chi connectivity index (χ1) is 9.21. The summed E-state index contributed by atoms with van der Waals surface area (Å²) in [7, 11) is 1.60. The van der Waals surface area contributed by atoms with E-state index in [1.165, 1.54) is 5.56 Å². The minimum atomic E-state index is -0.433. The molecule has 0 unspecified atom stereocenters. The largest absolute Gasteiger partial charge is 0.496 e. The van der Waals surface area contributed by atoms with Crippen molar-refractivity contribution in [1.29, 1.82) is 0 Å². The Morgan fingerprint density at radius 1 is 1.42 bits per heavy atom. The molecular weight excluding hydrogens is 244 g/mol. The van der Waals surface area contributed by atoms with Crippen LogP contribution in [0.1, 0.15) is 24.5 Å². The summed E-state index contributed by atoms with van der Waals surface area (Å²) in [4.78, 5) is 11.4. The third kappa shape index (κ3) is 5.18. The molecule has 0 aliphatic heterocycles. The van der Waals surface area contributed by atoms with Crippen molar-refractivity contribution in [1.82, 2.24) is 5.32 Å². The number of hydrogen-bond acceptors (Lipinski definition) is 4. The average molecular weight is 266 g/mol. The van der Waals surface area contributed by atoms with Crippen LogP contribution in [-0.4, -0.2) is 26.3 Å². The SMILES string of the molecule is CCc1ccc(OC)c(COC(=O)NCCCN)c1. The molecule has 0 radical (unpaired) electrons. The van der Waals surface area contributed by atoms with Crippen LogP contribution in [0.4, 0.5) is 4.79 Å². The fourth-order valence-electron chi connectivity index (χ4n) is 1.65. The van der Waals surface area contributed by atoms with Crippen molar-refractivity contribution in [3.63, 3.8) is 0 Å². The molecule has 0 atom stereocenters. The van der Waals surface area contributed by atoms with E-state index >= 15 is 0 Å². The number of nitrogens with two attached hydrogens (primary N) is 1. The van der Waals surface area contributed by atoms with Gasteiger partial charge in [-0.25, -0.2) is 4.79 Å². The second kappa shape index (κ2) is 8.37. The van der Waals surface area contributed by atoms with Crippen molar-refractivity contribution in [2.75, 3.05) is 20.2 Å². The Labute approximate surface area is 114 Å². The van der Waals surface area contributed by atoms with Crippen molar-refractivity contribution in [3.05, 3.63) is 29.3 Å². The molecule has 5 heteroatoms. The van der Waals surface area contributed by atoms with Gasteiger partial charge in [-0.1, -0.05) is 13.0 Å². The van der Waals surface area contributed by atoms with Crippen LogP contribution in [0.3, 0.4) is 0 Å². The van der Waals surface area contributed by atoms with Crippen molar-refractivity contribution in [2.45, 2.75) is 26.4 Å². The van der Waals surface area contributed by atoms with Crippen LogP contribution in [0.25, 0.3) is 0 Å². The molecule has 5 nitrogen and oxygen atoms in total. The van der Waals surface area contributed by atoms with Crippen LogP contribution in [0, 0.1) is 0 Å². The van der Waals surface area contributed by atoms with Gasteiger partial charge in [-0.15, -0.1) is 0 Å². The first-order valence-corrected chi connectivity index (χ1v) is 6.47. The zero-order chi connectivity index (χ0) is 14.1. The minimum absolute atomic E-state index is 0.200. The van der Waals surface area contributed by atoms with Crippen molar-refractivity contribution < 1.29 is 14.3 Å². The van der Waals surface area contributed by atoms with Gasteiger partial charge in [0.25, 0.3) is 0 Å². The van der Waals surface area contributed by atoms with Gasteiger partial charge in [0.15, 0.2) is 0 Å². The van der Waals surface area contributed by atoms with Gasteiger partial charge >= 0.3 is 6.09 Å². The van der Waals surface area contributed by atoms with Crippen LogP contribution in [-0.2, 0) is 17.8 Å². The number of rotatable bonds is 7. The Morgan fingerprint density at radius 2 is 2.21 bits per heavy atom. The number of benzene rings is 1. The molecule has 0 aliphatic rings. The minimum Gasteiger partial charge on any atom is -0.496 e. The van der Waals surface area contributed by atoms with Gasteiger partial charge in [0.05, 0.1) is 7.11 Å². The number of nitrogens with one attached hydrogen (secondary N) is 1. The Balaban J connectivity index is 2.53. The normalized spacial score (nSPS) is 10.1. The molecule has 1 amide bonds. The predicted molar refractivity (Wildman–Crippen MR) is 74.2 cm³/mol. The van der Waals surface area contributed by atoms with Crippen molar-refractivity contribution in [2.24, 2.45) is 5.73 Å². The zero-order valence-electron chi connectivity index (χ0n) is 11.6. The maximum atomic E-state index is 11.4. The van der Waals surface area contributed by atoms with Crippen LogP contribution >= 0.6 is 0 Å². The molecule has 0 saturated carbocycles. The number of hydrogen-bond donors (Lipinski definition) is 2. The van der Waals surface area contributed by atoms with E-state index in [0.717, 1.165) is 24.2 Å². The molecule has 0 aromatic heterocycles. The van der Waals surface area contributed by atoms with Crippen LogP contribution in [0.5, 0.6) is 5.75 Å². The number of alkyl carbamates (subject to hydrolysis) is 1. The van der Waals surface area contributed by atoms with Gasteiger partial charge in [0.2, 0.25) is 0 Å². The van der Waals surface area contributed by atoms with Crippen LogP contribution in [0.15, 0.2) is 18.2 Å². The lowest BCUT2D eigenvalue weighted by atomic mass is 10.1. The second-order valence-corrected chi connectivity index (χ2v) is 4.14. The summed E-state index contributed by atoms with van der Waals surface area (Å²) in [6.45, 7) is 3.35. The fraction of sp³-hybridized carbons (Fsp3) is 0.500. The molecule has 1 aromatic carbocycles. The quantitative estimate of drug-likeness (QED) is 0.738. The summed E-state index contributed by atoms with van der Waals surface area (Å²) >= 11 is 0. The molecule has 0 saturated heterocycles. The predicted octanol–water partition coefficient (Wildman–Crippen LogP) is 1.83. The van der Waals surface area contributed by atoms with E-state index < -0.39 is 6.09 Å². The summed E-state index contributed by atoms with van der Waals surface area (Å²) in [5.41, 5.74) is 7.40. The lowest BCUT2D eigenvalue weighted by molar-refractivity contribution is 0.138. The van der Waals surface area contributed by atoms with E-state index in [-0.39, 0.29) is 6.61 Å². The van der Waals surface area contributed by atoms with Gasteiger partial charge in [0, 0.05) is 12.1 Å². The number of carbonyl (C=O) groups is 1. The third-order valence-corrected chi connectivity index (χ3v) is 2.76. The molecular formula is C14H22N2O3. The summed E-state index contributed by atoms with van der Waals surface area (Å²) < 4.78 is 10.4. The van der Waals surface area contributed by atoms with Gasteiger partial charge in [-0.05, 0) is 37.1 Å². The average Bonchev–Trinajstić information content (AvgIpc) is 2.45. The molecule has 0 heterocycles. The molecule has 3 N–H and O–H groups in total. The molecule has 0 aliphatic carbocycles. The molecule has 106 valence electrons. The fourth-order valence-corrected chi connectivity index (χ4v) is 1.65. The Kier molecular flexibility index (Phi) is 6.74. The van der Waals surface area contributed by atoms with E-state index in [0.29, 0.717) is 13.1 Å². The number of aryl methyl sites for hydroxylation is 1. The van der Waals surface area contributed by atoms with Crippen LogP contribution in [0.2, 0.25) is 0 Å². The number of carbonyl (C=O) groups excluding carboxylic acids is 1. The lowest BCUT2D eigenvalue weighted by Gasteiger charge is -2.11. The van der Waals surface area contributed by atoms with Gasteiger partial charge in [-0.2, -0.15) is 0 Å². The molecule has 0 fully saturated rings. The Hall–Kier alpha value is -1.75. The number of ether oxygens (including phenoxy) is 2. The maximum absolute atomic E-state index is 11.4. The topological polar surface area (TPSA) is 73.6 Å². The molecule has 1 rings (SSSR count). The highest BCUT2D eigenvalue weighted by molar-refractivity contribution is 5.67. The van der Waals surface area contributed by atoms with E-state index in [9.17, 15) is 4.79 Å². The highest BCUT2D eigenvalue weighted by Gasteiger charge is 2.07. The standard InChI is InChI=1S/C14H22N2O3/c1-3-11-5-6-13(18-2)12(9-11)10-19-14(17)16-8-4-7-15/h5-6,9H,3-4,7-8,10,15H2,1-2H3,(H,16,17).